The van der Waals surface area contributed by atoms with Gasteiger partial charge in [-0.15, -0.1) is 12.4 Å². The minimum absolute atomic E-state index is 0. The molecule has 0 bridgehead atoms. The largest absolute Gasteiger partial charge is 0.334 e. The predicted octanol–water partition coefficient (Wildman–Crippen LogP) is 2.77. The van der Waals surface area contributed by atoms with Crippen molar-refractivity contribution in [2.24, 2.45) is 5.73 Å². The van der Waals surface area contributed by atoms with Crippen molar-refractivity contribution in [1.29, 1.82) is 0 Å². The van der Waals surface area contributed by atoms with Crippen molar-refractivity contribution in [3.8, 4) is 0 Å². The molecule has 1 aliphatic rings. The quantitative estimate of drug-likeness (QED) is 0.910. The highest BCUT2D eigenvalue weighted by Gasteiger charge is 2.31. The normalized spacial score (nSPS) is 20.4. The molecule has 1 aromatic carbocycles. The first-order valence-electron chi connectivity index (χ1n) is 5.91. The van der Waals surface area contributed by atoms with Gasteiger partial charge in [0, 0.05) is 11.6 Å². The topological polar surface area (TPSA) is 46.3 Å². The van der Waals surface area contributed by atoms with Crippen LogP contribution in [0.5, 0.6) is 0 Å². The van der Waals surface area contributed by atoms with Crippen molar-refractivity contribution in [3.63, 3.8) is 0 Å². The van der Waals surface area contributed by atoms with E-state index in [-0.39, 0.29) is 24.4 Å². The van der Waals surface area contributed by atoms with Crippen LogP contribution in [0.15, 0.2) is 24.3 Å². The second kappa shape index (κ2) is 6.41. The molecular formula is C13H18Cl2N2O. The zero-order valence-corrected chi connectivity index (χ0v) is 11.9. The maximum atomic E-state index is 12.0. The summed E-state index contributed by atoms with van der Waals surface area (Å²) in [6.45, 7) is 2.53. The van der Waals surface area contributed by atoms with Crippen LogP contribution >= 0.6 is 24.0 Å². The van der Waals surface area contributed by atoms with Gasteiger partial charge in [-0.2, -0.15) is 0 Å². The summed E-state index contributed by atoms with van der Waals surface area (Å²) in [5.41, 5.74) is 6.81. The molecule has 1 heterocycles. The molecule has 1 aliphatic heterocycles. The summed E-state index contributed by atoms with van der Waals surface area (Å²) in [5.74, 6) is 0.0300. The highest BCUT2D eigenvalue weighted by Crippen LogP contribution is 2.32. The number of hydrogen-bond donors (Lipinski definition) is 1. The Morgan fingerprint density at radius 2 is 2.06 bits per heavy atom. The number of hydrogen-bond acceptors (Lipinski definition) is 2. The lowest BCUT2D eigenvalue weighted by molar-refractivity contribution is -0.133. The molecule has 1 fully saturated rings. The van der Waals surface area contributed by atoms with Crippen molar-refractivity contribution in [1.82, 2.24) is 4.90 Å². The molecule has 0 saturated carbocycles. The molecule has 0 radical (unpaired) electrons. The van der Waals surface area contributed by atoms with Crippen molar-refractivity contribution >= 4 is 29.9 Å². The average molecular weight is 289 g/mol. The highest BCUT2D eigenvalue weighted by molar-refractivity contribution is 6.30. The van der Waals surface area contributed by atoms with Gasteiger partial charge in [-0.05, 0) is 37.5 Å². The summed E-state index contributed by atoms with van der Waals surface area (Å²) < 4.78 is 0. The Morgan fingerprint density at radius 3 is 2.61 bits per heavy atom. The fourth-order valence-electron chi connectivity index (χ4n) is 2.32. The van der Waals surface area contributed by atoms with E-state index in [0.29, 0.717) is 0 Å². The number of carbonyl (C=O) groups excluding carboxylic acids is 1. The third-order valence-electron chi connectivity index (χ3n) is 3.18. The standard InChI is InChI=1S/C13H17ClN2O.ClH/c1-9(15)13(17)16-8-2-3-12(16)10-4-6-11(14)7-5-10;/h4-7,9,12H,2-3,8,15H2,1H3;1H/t9-,12?;/m0./s1. The molecule has 2 atom stereocenters. The fraction of sp³-hybridized carbons (Fsp3) is 0.462. The van der Waals surface area contributed by atoms with E-state index in [2.05, 4.69) is 0 Å². The number of amides is 1. The van der Waals surface area contributed by atoms with Crippen molar-refractivity contribution in [3.05, 3.63) is 34.9 Å². The van der Waals surface area contributed by atoms with Crippen LogP contribution in [0.4, 0.5) is 0 Å². The second-order valence-corrected chi connectivity index (χ2v) is 4.97. The van der Waals surface area contributed by atoms with E-state index in [1.807, 2.05) is 29.2 Å². The molecular weight excluding hydrogens is 271 g/mol. The van der Waals surface area contributed by atoms with E-state index < -0.39 is 6.04 Å². The van der Waals surface area contributed by atoms with Gasteiger partial charge in [0.15, 0.2) is 0 Å². The van der Waals surface area contributed by atoms with Crippen LogP contribution in [0, 0.1) is 0 Å². The monoisotopic (exact) mass is 288 g/mol. The summed E-state index contributed by atoms with van der Waals surface area (Å²) in [4.78, 5) is 13.9. The smallest absolute Gasteiger partial charge is 0.239 e. The zero-order chi connectivity index (χ0) is 12.4. The van der Waals surface area contributed by atoms with Crippen molar-refractivity contribution in [2.75, 3.05) is 6.54 Å². The van der Waals surface area contributed by atoms with Gasteiger partial charge in [-0.3, -0.25) is 4.79 Å². The molecule has 0 aliphatic carbocycles. The second-order valence-electron chi connectivity index (χ2n) is 4.53. The Labute approximate surface area is 119 Å². The Morgan fingerprint density at radius 1 is 1.44 bits per heavy atom. The lowest BCUT2D eigenvalue weighted by Crippen LogP contribution is -2.41. The number of nitrogens with two attached hydrogens (primary N) is 1. The maximum Gasteiger partial charge on any atom is 0.239 e. The SMILES string of the molecule is C[C@H](N)C(=O)N1CCCC1c1ccc(Cl)cc1.Cl. The molecule has 1 amide bonds. The average Bonchev–Trinajstić information content (AvgIpc) is 2.77. The fourth-order valence-corrected chi connectivity index (χ4v) is 2.45. The van der Waals surface area contributed by atoms with E-state index in [9.17, 15) is 4.79 Å². The number of carbonyl (C=O) groups is 1. The van der Waals surface area contributed by atoms with Gasteiger partial charge in [0.1, 0.15) is 0 Å². The predicted molar refractivity (Wildman–Crippen MR) is 76.0 cm³/mol. The van der Waals surface area contributed by atoms with Gasteiger partial charge >= 0.3 is 0 Å². The van der Waals surface area contributed by atoms with Gasteiger partial charge < -0.3 is 10.6 Å². The molecule has 1 aromatic rings. The van der Waals surface area contributed by atoms with Gasteiger partial charge in [0.2, 0.25) is 5.91 Å². The Hall–Kier alpha value is -0.770. The van der Waals surface area contributed by atoms with Crippen LogP contribution in [0.25, 0.3) is 0 Å². The molecule has 3 nitrogen and oxygen atoms in total. The van der Waals surface area contributed by atoms with Gasteiger partial charge in [0.05, 0.1) is 12.1 Å². The van der Waals surface area contributed by atoms with Crippen LogP contribution in [0.2, 0.25) is 5.02 Å². The van der Waals surface area contributed by atoms with Gasteiger partial charge in [0.25, 0.3) is 0 Å². The molecule has 0 aromatic heterocycles. The van der Waals surface area contributed by atoms with E-state index >= 15 is 0 Å². The Bertz CT molecular complexity index is 406. The third kappa shape index (κ3) is 3.16. The van der Waals surface area contributed by atoms with Crippen molar-refractivity contribution < 1.29 is 4.79 Å². The molecule has 1 unspecified atom stereocenters. The summed E-state index contributed by atoms with van der Waals surface area (Å²) in [7, 11) is 0. The van der Waals surface area contributed by atoms with Crippen molar-refractivity contribution in [2.45, 2.75) is 31.8 Å². The molecule has 5 heteroatoms. The van der Waals surface area contributed by atoms with Crippen LogP contribution in [-0.4, -0.2) is 23.4 Å². The first-order valence-corrected chi connectivity index (χ1v) is 6.29. The zero-order valence-electron chi connectivity index (χ0n) is 10.3. The molecule has 100 valence electrons. The Kier molecular flexibility index (Phi) is 5.45. The number of likely N-dealkylation sites (tertiary alicyclic amines) is 1. The summed E-state index contributed by atoms with van der Waals surface area (Å²) >= 11 is 5.87. The Balaban J connectivity index is 0.00000162. The van der Waals surface area contributed by atoms with E-state index in [4.69, 9.17) is 17.3 Å². The van der Waals surface area contributed by atoms with Gasteiger partial charge in [-0.1, -0.05) is 23.7 Å². The van der Waals surface area contributed by atoms with Crippen LogP contribution in [0.3, 0.4) is 0 Å². The van der Waals surface area contributed by atoms with E-state index in [0.717, 1.165) is 30.0 Å². The van der Waals surface area contributed by atoms with Crippen LogP contribution < -0.4 is 5.73 Å². The number of halogens is 2. The molecule has 2 N–H and O–H groups in total. The summed E-state index contributed by atoms with van der Waals surface area (Å²) in [5, 5.41) is 0.719. The minimum Gasteiger partial charge on any atom is -0.334 e. The molecule has 18 heavy (non-hydrogen) atoms. The van der Waals surface area contributed by atoms with Crippen LogP contribution in [0.1, 0.15) is 31.4 Å². The minimum atomic E-state index is -0.428. The molecule has 1 saturated heterocycles. The first-order chi connectivity index (χ1) is 8.09. The number of nitrogens with zero attached hydrogens (tertiary/aromatic N) is 1. The first kappa shape index (κ1) is 15.3. The third-order valence-corrected chi connectivity index (χ3v) is 3.43. The van der Waals surface area contributed by atoms with E-state index in [1.165, 1.54) is 0 Å². The molecule has 0 spiro atoms. The lowest BCUT2D eigenvalue weighted by atomic mass is 10.0. The lowest BCUT2D eigenvalue weighted by Gasteiger charge is -2.26. The number of benzene rings is 1. The molecule has 2 rings (SSSR count). The highest BCUT2D eigenvalue weighted by atomic mass is 35.5. The summed E-state index contributed by atoms with van der Waals surface area (Å²) in [6, 6.07) is 7.43. The maximum absolute atomic E-state index is 12.0. The van der Waals surface area contributed by atoms with Gasteiger partial charge in [-0.25, -0.2) is 0 Å². The summed E-state index contributed by atoms with van der Waals surface area (Å²) in [6.07, 6.45) is 2.03. The number of rotatable bonds is 2. The van der Waals surface area contributed by atoms with Crippen LogP contribution in [-0.2, 0) is 4.79 Å². The van der Waals surface area contributed by atoms with E-state index in [1.54, 1.807) is 6.92 Å².